The van der Waals surface area contributed by atoms with E-state index in [0.29, 0.717) is 18.7 Å². The van der Waals surface area contributed by atoms with Gasteiger partial charge in [0, 0.05) is 31.1 Å². The van der Waals surface area contributed by atoms with Crippen molar-refractivity contribution in [2.45, 2.75) is 25.2 Å². The van der Waals surface area contributed by atoms with Crippen LogP contribution in [0.25, 0.3) is 11.1 Å². The summed E-state index contributed by atoms with van der Waals surface area (Å²) in [5, 5.41) is 2.75. The molecule has 1 unspecified atom stereocenters. The normalized spacial score (nSPS) is 17.9. The van der Waals surface area contributed by atoms with Crippen LogP contribution in [-0.2, 0) is 4.79 Å². The first-order valence-corrected chi connectivity index (χ1v) is 9.30. The zero-order valence-electron chi connectivity index (χ0n) is 15.0. The molecule has 3 aromatic rings. The number of benzene rings is 2. The van der Waals surface area contributed by atoms with Gasteiger partial charge in [-0.3, -0.25) is 4.79 Å². The van der Waals surface area contributed by atoms with Gasteiger partial charge in [0.05, 0.1) is 0 Å². The molecule has 1 saturated heterocycles. The fraction of sp³-hybridized carbons (Fsp3) is 0.333. The van der Waals surface area contributed by atoms with Crippen molar-refractivity contribution in [3.8, 4) is 0 Å². The first-order valence-electron chi connectivity index (χ1n) is 9.30. The summed E-state index contributed by atoms with van der Waals surface area (Å²) in [5.74, 6) is 0.567. The zero-order chi connectivity index (χ0) is 18.6. The first-order chi connectivity index (χ1) is 13.2. The third-order valence-electron chi connectivity index (χ3n) is 4.93. The molecule has 1 N–H and O–H groups in total. The van der Waals surface area contributed by atoms with Crippen molar-refractivity contribution in [3.05, 3.63) is 60.2 Å². The smallest absolute Gasteiger partial charge is 0.225 e. The highest BCUT2D eigenvalue weighted by Gasteiger charge is 2.25. The number of likely N-dealkylation sites (tertiary alicyclic amines) is 1. The molecule has 5 nitrogen and oxygen atoms in total. The summed E-state index contributed by atoms with van der Waals surface area (Å²) < 4.78 is 19.1. The average Bonchev–Trinajstić information content (AvgIpc) is 3.11. The average molecular weight is 367 g/mol. The summed E-state index contributed by atoms with van der Waals surface area (Å²) in [7, 11) is 0. The maximum atomic E-state index is 13.2. The Morgan fingerprint density at radius 1 is 1.26 bits per heavy atom. The van der Waals surface area contributed by atoms with Gasteiger partial charge in [-0.15, -0.1) is 0 Å². The monoisotopic (exact) mass is 367 g/mol. The molecule has 1 aliphatic rings. The molecular formula is C21H22FN3O2. The van der Waals surface area contributed by atoms with Gasteiger partial charge in [0.15, 0.2) is 11.5 Å². The number of fused-ring (bicyclic) bond motifs is 1. The second-order valence-corrected chi connectivity index (χ2v) is 6.97. The van der Waals surface area contributed by atoms with E-state index in [1.54, 1.807) is 12.1 Å². The minimum atomic E-state index is -0.356. The van der Waals surface area contributed by atoms with Gasteiger partial charge < -0.3 is 14.6 Å². The van der Waals surface area contributed by atoms with Crippen molar-refractivity contribution in [1.29, 1.82) is 0 Å². The summed E-state index contributed by atoms with van der Waals surface area (Å²) >= 11 is 0. The Hall–Kier alpha value is -2.73. The van der Waals surface area contributed by atoms with E-state index in [1.165, 1.54) is 12.1 Å². The number of aromatic nitrogens is 1. The molecule has 1 aliphatic heterocycles. The van der Waals surface area contributed by atoms with Crippen LogP contribution in [0.2, 0.25) is 0 Å². The number of hydrogen-bond donors (Lipinski definition) is 1. The number of carbonyl (C=O) groups excluding carboxylic acids is 1. The fourth-order valence-electron chi connectivity index (χ4n) is 3.57. The lowest BCUT2D eigenvalue weighted by atomic mass is 9.98. The lowest BCUT2D eigenvalue weighted by Gasteiger charge is -2.30. The van der Waals surface area contributed by atoms with Crippen molar-refractivity contribution in [2.24, 2.45) is 0 Å². The zero-order valence-corrected chi connectivity index (χ0v) is 15.0. The third-order valence-corrected chi connectivity index (χ3v) is 4.93. The minimum absolute atomic E-state index is 0.107. The van der Waals surface area contributed by atoms with Crippen molar-refractivity contribution in [2.75, 3.05) is 25.0 Å². The van der Waals surface area contributed by atoms with Gasteiger partial charge in [-0.1, -0.05) is 18.2 Å². The van der Waals surface area contributed by atoms with Crippen molar-refractivity contribution in [1.82, 2.24) is 9.88 Å². The van der Waals surface area contributed by atoms with Gasteiger partial charge in [0.1, 0.15) is 11.3 Å². The van der Waals surface area contributed by atoms with E-state index >= 15 is 0 Å². The molecule has 0 spiro atoms. The van der Waals surface area contributed by atoms with E-state index < -0.39 is 0 Å². The second-order valence-electron chi connectivity index (χ2n) is 6.97. The summed E-state index contributed by atoms with van der Waals surface area (Å²) in [6, 6.07) is 13.7. The Balaban J connectivity index is 1.32. The predicted octanol–water partition coefficient (Wildman–Crippen LogP) is 4.18. The Bertz CT molecular complexity index is 907. The maximum Gasteiger partial charge on any atom is 0.225 e. The molecule has 1 aromatic heterocycles. The summed E-state index contributed by atoms with van der Waals surface area (Å²) in [6.07, 6.45) is 2.46. The SMILES string of the molecule is O=C(CCN1CCCC(c2nc3ccccc3o2)C1)Nc1cccc(F)c1. The first kappa shape index (κ1) is 17.7. The Morgan fingerprint density at radius 2 is 2.15 bits per heavy atom. The van der Waals surface area contributed by atoms with Gasteiger partial charge in [0.2, 0.25) is 5.91 Å². The number of piperidine rings is 1. The quantitative estimate of drug-likeness (QED) is 0.735. The molecule has 0 saturated carbocycles. The second kappa shape index (κ2) is 7.88. The van der Waals surface area contributed by atoms with Gasteiger partial charge in [-0.25, -0.2) is 9.37 Å². The molecule has 140 valence electrons. The number of anilines is 1. The number of carbonyl (C=O) groups is 1. The van der Waals surface area contributed by atoms with E-state index in [9.17, 15) is 9.18 Å². The molecule has 1 atom stereocenters. The number of nitrogens with one attached hydrogen (secondary N) is 1. The molecule has 0 radical (unpaired) electrons. The van der Waals surface area contributed by atoms with E-state index in [1.807, 2.05) is 24.3 Å². The van der Waals surface area contributed by atoms with Crippen LogP contribution in [0, 0.1) is 5.82 Å². The molecule has 6 heteroatoms. The number of para-hydroxylation sites is 2. The van der Waals surface area contributed by atoms with Crippen LogP contribution in [0.15, 0.2) is 52.9 Å². The lowest BCUT2D eigenvalue weighted by Crippen LogP contribution is -2.36. The number of halogens is 1. The van der Waals surface area contributed by atoms with Crippen molar-refractivity contribution >= 4 is 22.7 Å². The number of oxazole rings is 1. The van der Waals surface area contributed by atoms with Crippen LogP contribution in [0.5, 0.6) is 0 Å². The van der Waals surface area contributed by atoms with Crippen LogP contribution < -0.4 is 5.32 Å². The summed E-state index contributed by atoms with van der Waals surface area (Å²) in [5.41, 5.74) is 2.20. The Labute approximate surface area is 157 Å². The standard InChI is InChI=1S/C21H22FN3O2/c22-16-6-3-7-17(13-16)23-20(26)10-12-25-11-4-5-15(14-25)21-24-18-8-1-2-9-19(18)27-21/h1-3,6-9,13,15H,4-5,10-12,14H2,(H,23,26). The van der Waals surface area contributed by atoms with E-state index in [4.69, 9.17) is 4.42 Å². The number of hydrogen-bond acceptors (Lipinski definition) is 4. The van der Waals surface area contributed by atoms with Crippen LogP contribution in [-0.4, -0.2) is 35.4 Å². The molecule has 0 aliphatic carbocycles. The minimum Gasteiger partial charge on any atom is -0.440 e. The molecule has 0 bridgehead atoms. The molecule has 2 aromatic carbocycles. The van der Waals surface area contributed by atoms with Gasteiger partial charge >= 0.3 is 0 Å². The molecular weight excluding hydrogens is 345 g/mol. The largest absolute Gasteiger partial charge is 0.440 e. The predicted molar refractivity (Wildman–Crippen MR) is 102 cm³/mol. The van der Waals surface area contributed by atoms with Crippen molar-refractivity contribution in [3.63, 3.8) is 0 Å². The van der Waals surface area contributed by atoms with E-state index in [2.05, 4.69) is 15.2 Å². The highest BCUT2D eigenvalue weighted by atomic mass is 19.1. The van der Waals surface area contributed by atoms with E-state index in [-0.39, 0.29) is 17.6 Å². The maximum absolute atomic E-state index is 13.2. The number of amides is 1. The third kappa shape index (κ3) is 4.34. The Kier molecular flexibility index (Phi) is 5.16. The highest BCUT2D eigenvalue weighted by molar-refractivity contribution is 5.90. The fourth-order valence-corrected chi connectivity index (χ4v) is 3.57. The summed E-state index contributed by atoms with van der Waals surface area (Å²) in [6.45, 7) is 2.46. The van der Waals surface area contributed by atoms with Crippen molar-refractivity contribution < 1.29 is 13.6 Å². The number of nitrogens with zero attached hydrogens (tertiary/aromatic N) is 2. The van der Waals surface area contributed by atoms with Crippen LogP contribution in [0.3, 0.4) is 0 Å². The van der Waals surface area contributed by atoms with Gasteiger partial charge in [0.25, 0.3) is 0 Å². The lowest BCUT2D eigenvalue weighted by molar-refractivity contribution is -0.116. The van der Waals surface area contributed by atoms with E-state index in [0.717, 1.165) is 42.9 Å². The Morgan fingerprint density at radius 3 is 3.00 bits per heavy atom. The van der Waals surface area contributed by atoms with Crippen LogP contribution >= 0.6 is 0 Å². The molecule has 2 heterocycles. The van der Waals surface area contributed by atoms with Gasteiger partial charge in [-0.2, -0.15) is 0 Å². The molecule has 27 heavy (non-hydrogen) atoms. The van der Waals surface area contributed by atoms with Crippen LogP contribution in [0.1, 0.15) is 31.1 Å². The molecule has 1 fully saturated rings. The molecule has 1 amide bonds. The molecule has 4 rings (SSSR count). The van der Waals surface area contributed by atoms with Gasteiger partial charge in [-0.05, 0) is 49.7 Å². The number of rotatable bonds is 5. The topological polar surface area (TPSA) is 58.4 Å². The highest BCUT2D eigenvalue weighted by Crippen LogP contribution is 2.29. The van der Waals surface area contributed by atoms with Crippen LogP contribution in [0.4, 0.5) is 10.1 Å². The summed E-state index contributed by atoms with van der Waals surface area (Å²) in [4.78, 5) is 19.0.